The fourth-order valence-corrected chi connectivity index (χ4v) is 5.35. The molecule has 1 saturated heterocycles. The lowest BCUT2D eigenvalue weighted by Crippen LogP contribution is -2.47. The van der Waals surface area contributed by atoms with E-state index in [1.165, 1.54) is 16.8 Å². The van der Waals surface area contributed by atoms with Crippen LogP contribution in [0.1, 0.15) is 29.2 Å². The lowest BCUT2D eigenvalue weighted by atomic mass is 9.87. The summed E-state index contributed by atoms with van der Waals surface area (Å²) in [6.07, 6.45) is 1.48. The maximum atomic E-state index is 13.2. The van der Waals surface area contributed by atoms with Crippen LogP contribution in [0.15, 0.2) is 78.9 Å². The summed E-state index contributed by atoms with van der Waals surface area (Å²) in [5.41, 5.74) is 4.78. The number of rotatable bonds is 7. The normalized spacial score (nSPS) is 18.6. The van der Waals surface area contributed by atoms with Crippen molar-refractivity contribution >= 4 is 11.6 Å². The Morgan fingerprint density at radius 1 is 0.824 bits per heavy atom. The van der Waals surface area contributed by atoms with Gasteiger partial charge in [0.15, 0.2) is 0 Å². The van der Waals surface area contributed by atoms with Crippen LogP contribution in [0.25, 0.3) is 0 Å². The third-order valence-corrected chi connectivity index (χ3v) is 7.11. The molecule has 2 heterocycles. The highest BCUT2D eigenvalue weighted by molar-refractivity contribution is 5.82. The molecule has 1 fully saturated rings. The van der Waals surface area contributed by atoms with Crippen LogP contribution >= 0.6 is 0 Å². The molecule has 0 aromatic heterocycles. The zero-order valence-electron chi connectivity index (χ0n) is 19.9. The van der Waals surface area contributed by atoms with E-state index in [0.717, 1.165) is 57.0 Å². The maximum Gasteiger partial charge on any atom is 0.227 e. The zero-order valence-corrected chi connectivity index (χ0v) is 19.9. The summed E-state index contributed by atoms with van der Waals surface area (Å²) >= 11 is 0. The van der Waals surface area contributed by atoms with Gasteiger partial charge in [0.25, 0.3) is 0 Å². The Morgan fingerprint density at radius 2 is 1.53 bits per heavy atom. The molecule has 1 unspecified atom stereocenters. The number of ether oxygens (including phenoxy) is 1. The first-order valence-electron chi connectivity index (χ1n) is 12.3. The average Bonchev–Trinajstić information content (AvgIpc) is 2.89. The van der Waals surface area contributed by atoms with Gasteiger partial charge in [-0.15, -0.1) is 0 Å². The molecule has 3 aromatic rings. The zero-order chi connectivity index (χ0) is 23.3. The van der Waals surface area contributed by atoms with Crippen molar-refractivity contribution in [2.45, 2.75) is 18.9 Å². The molecule has 0 saturated carbocycles. The van der Waals surface area contributed by atoms with Crippen LogP contribution in [0.4, 0.5) is 5.69 Å². The quantitative estimate of drug-likeness (QED) is 0.530. The van der Waals surface area contributed by atoms with Crippen molar-refractivity contribution < 1.29 is 9.53 Å². The van der Waals surface area contributed by atoms with Crippen molar-refractivity contribution in [2.75, 3.05) is 51.3 Å². The number of nitrogens with zero attached hydrogens (tertiary/aromatic N) is 3. The van der Waals surface area contributed by atoms with Crippen molar-refractivity contribution in [2.24, 2.45) is 0 Å². The number of methoxy groups -OCH3 is 1. The first kappa shape index (κ1) is 22.5. The van der Waals surface area contributed by atoms with Crippen molar-refractivity contribution in [3.63, 3.8) is 0 Å². The summed E-state index contributed by atoms with van der Waals surface area (Å²) < 4.78 is 5.55. The summed E-state index contributed by atoms with van der Waals surface area (Å²) in [6, 6.07) is 27.1. The molecule has 0 spiro atoms. The summed E-state index contributed by atoms with van der Waals surface area (Å²) in [5, 5.41) is 0. The Hall–Kier alpha value is -3.31. The van der Waals surface area contributed by atoms with Crippen LogP contribution in [-0.4, -0.2) is 62.1 Å². The Morgan fingerprint density at radius 3 is 2.32 bits per heavy atom. The number of amides is 1. The number of carbonyl (C=O) groups excluding carboxylic acids is 1. The molecule has 2 aliphatic rings. The molecule has 2 aliphatic heterocycles. The predicted molar refractivity (Wildman–Crippen MR) is 136 cm³/mol. The number of hydrogen-bond acceptors (Lipinski definition) is 4. The maximum absolute atomic E-state index is 13.2. The summed E-state index contributed by atoms with van der Waals surface area (Å²) in [7, 11) is 1.73. The number of piperazine rings is 1. The molecule has 0 N–H and O–H groups in total. The molecule has 0 aliphatic carbocycles. The standard InChI is InChI=1S/C29H33N3O2/c1-34-27-15-8-7-14-26(27)31-20-18-30(19-21-31)16-9-17-32-28(33)22-24-12-5-6-13-25(24)29(32)23-10-3-2-4-11-23/h2-8,10-15,29H,9,16-22H2,1H3. The average molecular weight is 456 g/mol. The number of fused-ring (bicyclic) bond motifs is 1. The Kier molecular flexibility index (Phi) is 6.82. The van der Waals surface area contributed by atoms with Gasteiger partial charge in [0.05, 0.1) is 25.3 Å². The van der Waals surface area contributed by atoms with Gasteiger partial charge in [-0.1, -0.05) is 66.7 Å². The summed E-state index contributed by atoms with van der Waals surface area (Å²) in [6.45, 7) is 5.81. The highest BCUT2D eigenvalue weighted by Crippen LogP contribution is 2.35. The van der Waals surface area contributed by atoms with E-state index in [-0.39, 0.29) is 11.9 Å². The number of carbonyl (C=O) groups is 1. The molecule has 1 atom stereocenters. The topological polar surface area (TPSA) is 36.0 Å². The summed E-state index contributed by atoms with van der Waals surface area (Å²) in [5.74, 6) is 1.17. The van der Waals surface area contributed by atoms with E-state index in [1.807, 2.05) is 24.3 Å². The molecule has 5 heteroatoms. The van der Waals surface area contributed by atoms with Gasteiger partial charge in [0, 0.05) is 32.7 Å². The van der Waals surface area contributed by atoms with E-state index in [9.17, 15) is 4.79 Å². The second-order valence-electron chi connectivity index (χ2n) is 9.13. The lowest BCUT2D eigenvalue weighted by Gasteiger charge is -2.39. The van der Waals surface area contributed by atoms with Crippen molar-refractivity contribution in [1.82, 2.24) is 9.80 Å². The fraction of sp³-hybridized carbons (Fsp3) is 0.345. The fourth-order valence-electron chi connectivity index (χ4n) is 5.35. The van der Waals surface area contributed by atoms with Gasteiger partial charge in [-0.05, 0) is 41.8 Å². The van der Waals surface area contributed by atoms with E-state index in [1.54, 1.807) is 7.11 Å². The number of para-hydroxylation sites is 2. The molecule has 0 bridgehead atoms. The first-order chi connectivity index (χ1) is 16.7. The highest BCUT2D eigenvalue weighted by Gasteiger charge is 2.33. The Labute approximate surface area is 202 Å². The van der Waals surface area contributed by atoms with Gasteiger partial charge >= 0.3 is 0 Å². The van der Waals surface area contributed by atoms with E-state index in [0.29, 0.717) is 6.42 Å². The van der Waals surface area contributed by atoms with Gasteiger partial charge in [0.2, 0.25) is 5.91 Å². The molecule has 3 aromatic carbocycles. The van der Waals surface area contributed by atoms with Crippen molar-refractivity contribution in [3.8, 4) is 5.75 Å². The Bertz CT molecular complexity index is 1110. The first-order valence-corrected chi connectivity index (χ1v) is 12.3. The number of anilines is 1. The van der Waals surface area contributed by atoms with Crippen LogP contribution in [-0.2, 0) is 11.2 Å². The minimum atomic E-state index is 0.000966. The van der Waals surface area contributed by atoms with Crippen LogP contribution in [0.2, 0.25) is 0 Å². The predicted octanol–water partition coefficient (Wildman–Crippen LogP) is 4.38. The monoisotopic (exact) mass is 455 g/mol. The molecule has 176 valence electrons. The minimum Gasteiger partial charge on any atom is -0.495 e. The number of benzene rings is 3. The van der Waals surface area contributed by atoms with Crippen molar-refractivity contribution in [3.05, 3.63) is 95.6 Å². The highest BCUT2D eigenvalue weighted by atomic mass is 16.5. The number of hydrogen-bond donors (Lipinski definition) is 0. The van der Waals surface area contributed by atoms with Gasteiger partial charge in [-0.2, -0.15) is 0 Å². The van der Waals surface area contributed by atoms with Crippen molar-refractivity contribution in [1.29, 1.82) is 0 Å². The second kappa shape index (κ2) is 10.3. The SMILES string of the molecule is COc1ccccc1N1CCN(CCCN2C(=O)Cc3ccccc3C2c2ccccc2)CC1. The molecule has 5 rings (SSSR count). The van der Waals surface area contributed by atoms with Crippen LogP contribution in [0.3, 0.4) is 0 Å². The van der Waals surface area contributed by atoms with Gasteiger partial charge in [-0.25, -0.2) is 0 Å². The third-order valence-electron chi connectivity index (χ3n) is 7.11. The lowest BCUT2D eigenvalue weighted by molar-refractivity contribution is -0.133. The van der Waals surface area contributed by atoms with E-state index in [4.69, 9.17) is 4.74 Å². The van der Waals surface area contributed by atoms with E-state index in [2.05, 4.69) is 69.3 Å². The van der Waals surface area contributed by atoms with E-state index >= 15 is 0 Å². The smallest absolute Gasteiger partial charge is 0.227 e. The molecular formula is C29H33N3O2. The van der Waals surface area contributed by atoms with Gasteiger partial charge < -0.3 is 14.5 Å². The van der Waals surface area contributed by atoms with Gasteiger partial charge in [0.1, 0.15) is 5.75 Å². The molecule has 34 heavy (non-hydrogen) atoms. The summed E-state index contributed by atoms with van der Waals surface area (Å²) in [4.78, 5) is 20.2. The molecule has 5 nitrogen and oxygen atoms in total. The van der Waals surface area contributed by atoms with Crippen LogP contribution in [0, 0.1) is 0 Å². The molecular weight excluding hydrogens is 422 g/mol. The van der Waals surface area contributed by atoms with Crippen LogP contribution in [0.5, 0.6) is 5.75 Å². The Balaban J connectivity index is 1.21. The minimum absolute atomic E-state index is 0.000966. The van der Waals surface area contributed by atoms with E-state index < -0.39 is 0 Å². The molecule has 1 amide bonds. The second-order valence-corrected chi connectivity index (χ2v) is 9.13. The largest absolute Gasteiger partial charge is 0.495 e. The molecule has 0 radical (unpaired) electrons. The van der Waals surface area contributed by atoms with Crippen LogP contribution < -0.4 is 9.64 Å². The third kappa shape index (κ3) is 4.66. The van der Waals surface area contributed by atoms with Gasteiger partial charge in [-0.3, -0.25) is 9.69 Å².